The predicted molar refractivity (Wildman–Crippen MR) is 125 cm³/mol. The lowest BCUT2D eigenvalue weighted by molar-refractivity contribution is 0.416. The summed E-state index contributed by atoms with van der Waals surface area (Å²) in [5, 5.41) is 16.2. The van der Waals surface area contributed by atoms with Gasteiger partial charge in [0, 0.05) is 10.9 Å². The van der Waals surface area contributed by atoms with Crippen LogP contribution in [0.2, 0.25) is 0 Å². The van der Waals surface area contributed by atoms with Crippen molar-refractivity contribution in [2.75, 3.05) is 7.11 Å². The molecular weight excluding hydrogens is 404 g/mol. The lowest BCUT2D eigenvalue weighted by Gasteiger charge is -2.17. The molecule has 0 amide bonds. The van der Waals surface area contributed by atoms with Gasteiger partial charge in [0.15, 0.2) is 0 Å². The summed E-state index contributed by atoms with van der Waals surface area (Å²) in [5.41, 5.74) is 4.44. The summed E-state index contributed by atoms with van der Waals surface area (Å²) in [6.07, 6.45) is 6.07. The molecule has 0 N–H and O–H groups in total. The Balaban J connectivity index is 1.83. The Bertz CT molecular complexity index is 1180. The number of nitrogens with zero attached hydrogens (tertiary/aromatic N) is 4. The molecule has 0 atom stereocenters. The van der Waals surface area contributed by atoms with E-state index in [-0.39, 0.29) is 0 Å². The van der Waals surface area contributed by atoms with Crippen molar-refractivity contribution in [2.24, 2.45) is 10.1 Å². The number of ether oxygens (including phenoxy) is 1. The summed E-state index contributed by atoms with van der Waals surface area (Å²) >= 11 is 1.62. The molecule has 6 heteroatoms. The van der Waals surface area contributed by atoms with Crippen LogP contribution in [0.15, 0.2) is 64.0 Å². The van der Waals surface area contributed by atoms with Crippen LogP contribution in [0.1, 0.15) is 50.2 Å². The number of rotatable bonds is 5. The lowest BCUT2D eigenvalue weighted by atomic mass is 9.96. The third kappa shape index (κ3) is 4.78. The molecule has 158 valence electrons. The van der Waals surface area contributed by atoms with E-state index >= 15 is 0 Å². The zero-order valence-corrected chi connectivity index (χ0v) is 18.7. The monoisotopic (exact) mass is 430 g/mol. The van der Waals surface area contributed by atoms with Crippen LogP contribution < -0.4 is 9.54 Å². The first-order valence-corrected chi connectivity index (χ1v) is 11.5. The number of aromatic nitrogens is 1. The molecule has 1 fully saturated rings. The standard InChI is InChI=1S/C25H26N4OS/c1-18(20-14-12-19(16-26)13-15-20)28-29-23(22-10-6-7-11-24(22)30-2)17-31-25(29)27-21-8-4-3-5-9-21/h6-7,10-15,17,21H,3-5,8-9H2,1-2H3. The van der Waals surface area contributed by atoms with Crippen molar-refractivity contribution >= 4 is 17.0 Å². The SMILES string of the molecule is COc1ccccc1-c1csc(=NC2CCCCC2)n1N=C(C)c1ccc(C#N)cc1. The van der Waals surface area contributed by atoms with Crippen molar-refractivity contribution in [1.29, 1.82) is 5.26 Å². The molecule has 1 aliphatic carbocycles. The van der Waals surface area contributed by atoms with Crippen molar-refractivity contribution in [3.8, 4) is 23.1 Å². The van der Waals surface area contributed by atoms with E-state index in [0.29, 0.717) is 11.6 Å². The Hall–Kier alpha value is -3.17. The van der Waals surface area contributed by atoms with Crippen molar-refractivity contribution in [3.05, 3.63) is 69.8 Å². The Morgan fingerprint density at radius 1 is 1.10 bits per heavy atom. The van der Waals surface area contributed by atoms with Gasteiger partial charge in [-0.2, -0.15) is 10.4 Å². The summed E-state index contributed by atoms with van der Waals surface area (Å²) in [6.45, 7) is 1.99. The molecule has 0 bridgehead atoms. The number of para-hydroxylation sites is 1. The fourth-order valence-electron chi connectivity index (χ4n) is 3.89. The first-order chi connectivity index (χ1) is 15.2. The zero-order chi connectivity index (χ0) is 21.6. The van der Waals surface area contributed by atoms with Gasteiger partial charge in [-0.15, -0.1) is 11.3 Å². The van der Waals surface area contributed by atoms with Gasteiger partial charge in [-0.05, 0) is 49.6 Å². The topological polar surface area (TPSA) is 62.7 Å². The van der Waals surface area contributed by atoms with Gasteiger partial charge in [0.05, 0.1) is 36.2 Å². The second kappa shape index (κ2) is 9.76. The summed E-state index contributed by atoms with van der Waals surface area (Å²) in [5.74, 6) is 0.810. The largest absolute Gasteiger partial charge is 0.496 e. The first-order valence-electron chi connectivity index (χ1n) is 10.6. The van der Waals surface area contributed by atoms with Crippen LogP contribution in [0.3, 0.4) is 0 Å². The van der Waals surface area contributed by atoms with Crippen molar-refractivity contribution in [3.63, 3.8) is 0 Å². The van der Waals surface area contributed by atoms with Crippen LogP contribution in [-0.2, 0) is 0 Å². The minimum Gasteiger partial charge on any atom is -0.496 e. The van der Waals surface area contributed by atoms with Gasteiger partial charge < -0.3 is 4.74 Å². The fourth-order valence-corrected chi connectivity index (χ4v) is 4.78. The number of methoxy groups -OCH3 is 1. The second-order valence-corrected chi connectivity index (χ2v) is 8.55. The quantitative estimate of drug-likeness (QED) is 0.495. The molecule has 0 radical (unpaired) electrons. The number of nitriles is 1. The highest BCUT2D eigenvalue weighted by atomic mass is 32.1. The van der Waals surface area contributed by atoms with Crippen LogP contribution in [-0.4, -0.2) is 23.5 Å². The summed E-state index contributed by atoms with van der Waals surface area (Å²) in [7, 11) is 1.69. The van der Waals surface area contributed by atoms with Crippen LogP contribution in [0, 0.1) is 11.3 Å². The van der Waals surface area contributed by atoms with Gasteiger partial charge in [-0.25, -0.2) is 4.68 Å². The third-order valence-electron chi connectivity index (χ3n) is 5.62. The fraction of sp³-hybridized carbons (Fsp3) is 0.320. The molecule has 1 saturated carbocycles. The van der Waals surface area contributed by atoms with E-state index in [1.54, 1.807) is 18.4 Å². The van der Waals surface area contributed by atoms with Gasteiger partial charge in [-0.3, -0.25) is 4.99 Å². The van der Waals surface area contributed by atoms with E-state index in [1.807, 2.05) is 60.1 Å². The van der Waals surface area contributed by atoms with Gasteiger partial charge >= 0.3 is 0 Å². The first kappa shape index (κ1) is 21.1. The Kier molecular flexibility index (Phi) is 6.63. The molecule has 0 aliphatic heterocycles. The maximum absolute atomic E-state index is 9.07. The molecule has 3 aromatic rings. The van der Waals surface area contributed by atoms with Crippen molar-refractivity contribution in [1.82, 2.24) is 4.68 Å². The van der Waals surface area contributed by atoms with Crippen molar-refractivity contribution < 1.29 is 4.74 Å². The predicted octanol–water partition coefficient (Wildman–Crippen LogP) is 5.60. The minimum absolute atomic E-state index is 0.356. The number of thiazole rings is 1. The molecule has 5 nitrogen and oxygen atoms in total. The summed E-state index contributed by atoms with van der Waals surface area (Å²) in [4.78, 5) is 5.99. The van der Waals surface area contributed by atoms with E-state index in [1.165, 1.54) is 19.3 Å². The highest BCUT2D eigenvalue weighted by Crippen LogP contribution is 2.30. The normalized spacial score (nSPS) is 15.6. The number of benzene rings is 2. The van der Waals surface area contributed by atoms with Gasteiger partial charge in [-0.1, -0.05) is 43.5 Å². The molecule has 0 spiro atoms. The van der Waals surface area contributed by atoms with E-state index in [4.69, 9.17) is 20.1 Å². The van der Waals surface area contributed by atoms with Gasteiger partial charge in [0.1, 0.15) is 5.75 Å². The van der Waals surface area contributed by atoms with Crippen LogP contribution >= 0.6 is 11.3 Å². The van der Waals surface area contributed by atoms with E-state index in [2.05, 4.69) is 11.4 Å². The highest BCUT2D eigenvalue weighted by molar-refractivity contribution is 7.07. The molecule has 1 aromatic heterocycles. The van der Waals surface area contributed by atoms with E-state index < -0.39 is 0 Å². The average Bonchev–Trinajstić information content (AvgIpc) is 3.21. The van der Waals surface area contributed by atoms with E-state index in [9.17, 15) is 0 Å². The van der Waals surface area contributed by atoms with Crippen molar-refractivity contribution in [2.45, 2.75) is 45.1 Å². The molecule has 0 saturated heterocycles. The van der Waals surface area contributed by atoms with Gasteiger partial charge in [0.25, 0.3) is 0 Å². The molecule has 4 rings (SSSR count). The Morgan fingerprint density at radius 2 is 1.84 bits per heavy atom. The van der Waals surface area contributed by atoms with Gasteiger partial charge in [0.2, 0.25) is 4.80 Å². The lowest BCUT2D eigenvalue weighted by Crippen LogP contribution is -2.19. The Morgan fingerprint density at radius 3 is 2.55 bits per heavy atom. The average molecular weight is 431 g/mol. The second-order valence-electron chi connectivity index (χ2n) is 7.71. The van der Waals surface area contributed by atoms with Crippen LogP contribution in [0.25, 0.3) is 11.3 Å². The zero-order valence-electron chi connectivity index (χ0n) is 17.9. The van der Waals surface area contributed by atoms with Crippen LogP contribution in [0.4, 0.5) is 0 Å². The smallest absolute Gasteiger partial charge is 0.206 e. The molecule has 2 aromatic carbocycles. The molecule has 0 unspecified atom stereocenters. The third-order valence-corrected chi connectivity index (χ3v) is 6.45. The molecule has 31 heavy (non-hydrogen) atoms. The maximum atomic E-state index is 9.07. The Labute approximate surface area is 187 Å². The number of hydrogen-bond acceptors (Lipinski definition) is 5. The summed E-state index contributed by atoms with van der Waals surface area (Å²) in [6, 6.07) is 18.0. The van der Waals surface area contributed by atoms with E-state index in [0.717, 1.165) is 45.9 Å². The molecule has 1 aliphatic rings. The maximum Gasteiger partial charge on any atom is 0.206 e. The highest BCUT2D eigenvalue weighted by Gasteiger charge is 2.16. The molecular formula is C25H26N4OS. The summed E-state index contributed by atoms with van der Waals surface area (Å²) < 4.78 is 7.56. The number of hydrogen-bond donors (Lipinski definition) is 0. The minimum atomic E-state index is 0.356. The molecule has 1 heterocycles. The van der Waals surface area contributed by atoms with Crippen LogP contribution in [0.5, 0.6) is 5.75 Å².